The molecule has 7 nitrogen and oxygen atoms in total. The summed E-state index contributed by atoms with van der Waals surface area (Å²) >= 11 is 0. The number of anilines is 1. The predicted molar refractivity (Wildman–Crippen MR) is 110 cm³/mol. The number of hydrogen-bond acceptors (Lipinski definition) is 5. The molecule has 1 aromatic heterocycles. The molecule has 0 aliphatic carbocycles. The zero-order valence-corrected chi connectivity index (χ0v) is 18.4. The van der Waals surface area contributed by atoms with Crippen LogP contribution in [0, 0.1) is 17.6 Å². The number of carbonyl (C=O) groups excluding carboxylic acids is 2. The summed E-state index contributed by atoms with van der Waals surface area (Å²) in [6.07, 6.45) is -5.48. The lowest BCUT2D eigenvalue weighted by Gasteiger charge is -2.32. The number of aromatic nitrogens is 1. The first kappa shape index (κ1) is 25.3. The van der Waals surface area contributed by atoms with Gasteiger partial charge in [-0.2, -0.15) is 17.6 Å². The highest BCUT2D eigenvalue weighted by atomic mass is 19.4. The maximum absolute atomic E-state index is 14.5. The van der Waals surface area contributed by atoms with Gasteiger partial charge in [-0.3, -0.25) is 14.6 Å². The number of nitrogens with two attached hydrogens (primary N) is 1. The molecule has 1 aliphatic rings. The summed E-state index contributed by atoms with van der Waals surface area (Å²) in [5.74, 6) is -7.87. The Labute approximate surface area is 191 Å². The average Bonchev–Trinajstić information content (AvgIpc) is 3.04. The van der Waals surface area contributed by atoms with Gasteiger partial charge in [0.15, 0.2) is 17.2 Å². The van der Waals surface area contributed by atoms with Crippen LogP contribution in [0.3, 0.4) is 0 Å². The van der Waals surface area contributed by atoms with Gasteiger partial charge in [0.25, 0.3) is 11.8 Å². The van der Waals surface area contributed by atoms with Crippen LogP contribution in [0.4, 0.5) is 27.6 Å². The molecule has 3 rings (SSSR count). The Morgan fingerprint density at radius 3 is 2.53 bits per heavy atom. The smallest absolute Gasteiger partial charge is 0.417 e. The predicted octanol–water partition coefficient (Wildman–Crippen LogP) is 3.94. The fourth-order valence-electron chi connectivity index (χ4n) is 3.98. The van der Waals surface area contributed by atoms with Crippen molar-refractivity contribution in [3.63, 3.8) is 0 Å². The van der Waals surface area contributed by atoms with Gasteiger partial charge in [0, 0.05) is 29.3 Å². The quantitative estimate of drug-likeness (QED) is 0.601. The van der Waals surface area contributed by atoms with Crippen molar-refractivity contribution in [3.8, 4) is 5.75 Å². The van der Waals surface area contributed by atoms with E-state index in [0.29, 0.717) is 0 Å². The van der Waals surface area contributed by atoms with Crippen LogP contribution in [0.1, 0.15) is 42.7 Å². The first-order chi connectivity index (χ1) is 15.8. The van der Waals surface area contributed by atoms with Crippen LogP contribution in [-0.4, -0.2) is 41.3 Å². The topological polar surface area (TPSA) is 104 Å². The highest BCUT2D eigenvalue weighted by Crippen LogP contribution is 2.55. The van der Waals surface area contributed by atoms with E-state index in [4.69, 9.17) is 15.2 Å². The number of ether oxygens (including phenoxy) is 2. The van der Waals surface area contributed by atoms with Gasteiger partial charge < -0.3 is 20.5 Å². The van der Waals surface area contributed by atoms with Gasteiger partial charge in [-0.15, -0.1) is 0 Å². The van der Waals surface area contributed by atoms with E-state index in [2.05, 4.69) is 10.3 Å². The highest BCUT2D eigenvalue weighted by molar-refractivity contribution is 5.97. The lowest BCUT2D eigenvalue weighted by Crippen LogP contribution is -2.47. The van der Waals surface area contributed by atoms with Gasteiger partial charge in [0.1, 0.15) is 11.8 Å². The van der Waals surface area contributed by atoms with Crippen molar-refractivity contribution >= 4 is 17.5 Å². The van der Waals surface area contributed by atoms with Gasteiger partial charge in [0.05, 0.1) is 6.61 Å². The van der Waals surface area contributed by atoms with Crippen molar-refractivity contribution in [3.05, 3.63) is 53.4 Å². The standard InChI is InChI=1S/C22H22F5N3O4/c1-4-33-17-12(5-6-13(23)16(17)24)15-10(2)21(3,22(25,26)27)34-18(15)20(32)30-11-7-8-29-14(9-11)19(28)31/h5-10,15,18H,4H2,1-3H3,(H2,28,31)(H,29,30,32)/t10-,15-,18-,21+/m0/s1. The van der Waals surface area contributed by atoms with Crippen molar-refractivity contribution < 1.29 is 41.0 Å². The van der Waals surface area contributed by atoms with Gasteiger partial charge in [-0.25, -0.2) is 4.39 Å². The second-order valence-electron chi connectivity index (χ2n) is 7.95. The Morgan fingerprint density at radius 2 is 1.94 bits per heavy atom. The molecular formula is C22H22F5N3O4. The molecule has 0 spiro atoms. The van der Waals surface area contributed by atoms with E-state index in [1.807, 2.05) is 0 Å². The van der Waals surface area contributed by atoms with E-state index in [-0.39, 0.29) is 23.6 Å². The van der Waals surface area contributed by atoms with Crippen LogP contribution in [0.25, 0.3) is 0 Å². The Bertz CT molecular complexity index is 1110. The number of pyridine rings is 1. The Balaban J connectivity index is 2.09. The van der Waals surface area contributed by atoms with Crippen molar-refractivity contribution in [2.75, 3.05) is 11.9 Å². The van der Waals surface area contributed by atoms with Gasteiger partial charge >= 0.3 is 6.18 Å². The maximum Gasteiger partial charge on any atom is 0.417 e. The normalized spacial score (nSPS) is 24.6. The summed E-state index contributed by atoms with van der Waals surface area (Å²) < 4.78 is 80.9. The molecule has 12 heteroatoms. The number of nitrogens with zero attached hydrogens (tertiary/aromatic N) is 1. The molecule has 1 fully saturated rings. The fourth-order valence-corrected chi connectivity index (χ4v) is 3.98. The van der Waals surface area contributed by atoms with E-state index in [0.717, 1.165) is 25.1 Å². The second-order valence-corrected chi connectivity index (χ2v) is 7.95. The summed E-state index contributed by atoms with van der Waals surface area (Å²) in [4.78, 5) is 28.2. The summed E-state index contributed by atoms with van der Waals surface area (Å²) in [7, 11) is 0. The molecule has 0 radical (unpaired) electrons. The molecule has 2 heterocycles. The van der Waals surface area contributed by atoms with Crippen molar-refractivity contribution in [2.45, 2.75) is 44.6 Å². The number of carbonyl (C=O) groups is 2. The minimum Gasteiger partial charge on any atom is -0.490 e. The first-order valence-corrected chi connectivity index (χ1v) is 10.2. The summed E-state index contributed by atoms with van der Waals surface area (Å²) in [6.45, 7) is 3.39. The number of amides is 2. The van der Waals surface area contributed by atoms with E-state index in [1.165, 1.54) is 26.1 Å². The molecular weight excluding hydrogens is 465 g/mol. The van der Waals surface area contributed by atoms with Crippen LogP contribution < -0.4 is 15.8 Å². The number of nitrogens with one attached hydrogen (secondary N) is 1. The van der Waals surface area contributed by atoms with E-state index >= 15 is 0 Å². The van der Waals surface area contributed by atoms with Crippen LogP contribution in [0.5, 0.6) is 5.75 Å². The largest absolute Gasteiger partial charge is 0.490 e. The van der Waals surface area contributed by atoms with E-state index in [9.17, 15) is 31.5 Å². The molecule has 0 saturated carbocycles. The fraction of sp³-hybridized carbons (Fsp3) is 0.409. The zero-order valence-electron chi connectivity index (χ0n) is 18.4. The van der Waals surface area contributed by atoms with E-state index in [1.54, 1.807) is 0 Å². The third-order valence-electron chi connectivity index (χ3n) is 5.93. The molecule has 184 valence electrons. The monoisotopic (exact) mass is 487 g/mol. The number of primary amides is 1. The van der Waals surface area contributed by atoms with Gasteiger partial charge in [-0.1, -0.05) is 13.0 Å². The summed E-state index contributed by atoms with van der Waals surface area (Å²) in [5.41, 5.74) is 2.07. The summed E-state index contributed by atoms with van der Waals surface area (Å²) in [5, 5.41) is 2.38. The average molecular weight is 487 g/mol. The molecule has 2 amide bonds. The molecule has 4 atom stereocenters. The molecule has 1 aliphatic heterocycles. The molecule has 3 N–H and O–H groups in total. The van der Waals surface area contributed by atoms with Gasteiger partial charge in [0.2, 0.25) is 5.82 Å². The third-order valence-corrected chi connectivity index (χ3v) is 5.93. The van der Waals surface area contributed by atoms with Crippen LogP contribution in [0.15, 0.2) is 30.5 Å². The highest BCUT2D eigenvalue weighted by Gasteiger charge is 2.65. The Kier molecular flexibility index (Phi) is 6.83. The Morgan fingerprint density at radius 1 is 1.26 bits per heavy atom. The van der Waals surface area contributed by atoms with Crippen LogP contribution in [-0.2, 0) is 9.53 Å². The number of hydrogen-bond donors (Lipinski definition) is 2. The molecule has 1 aromatic carbocycles. The summed E-state index contributed by atoms with van der Waals surface area (Å²) in [6, 6.07) is 4.26. The van der Waals surface area contributed by atoms with E-state index < -0.39 is 58.9 Å². The van der Waals surface area contributed by atoms with Crippen molar-refractivity contribution in [2.24, 2.45) is 11.7 Å². The number of rotatable bonds is 6. The van der Waals surface area contributed by atoms with Gasteiger partial charge in [-0.05, 0) is 32.0 Å². The molecule has 0 bridgehead atoms. The third kappa shape index (κ3) is 4.41. The zero-order chi connectivity index (χ0) is 25.4. The molecule has 1 saturated heterocycles. The minimum atomic E-state index is -4.89. The lowest BCUT2D eigenvalue weighted by atomic mass is 9.77. The lowest BCUT2D eigenvalue weighted by molar-refractivity contribution is -0.272. The van der Waals surface area contributed by atoms with Crippen LogP contribution >= 0.6 is 0 Å². The van der Waals surface area contributed by atoms with Crippen LogP contribution in [0.2, 0.25) is 0 Å². The van der Waals surface area contributed by atoms with Crippen molar-refractivity contribution in [1.29, 1.82) is 0 Å². The SMILES string of the molecule is CCOc1c([C@H]2[C@@H](C(=O)Nc3ccnc(C(N)=O)c3)O[C@@](C)(C(F)(F)F)[C@H]2C)ccc(F)c1F. The first-order valence-electron chi connectivity index (χ1n) is 10.2. The number of halogens is 5. The molecule has 0 unspecified atom stereocenters. The van der Waals surface area contributed by atoms with Crippen molar-refractivity contribution in [1.82, 2.24) is 4.98 Å². The Hall–Kier alpha value is -3.28. The molecule has 34 heavy (non-hydrogen) atoms. The second kappa shape index (κ2) is 9.16. The number of alkyl halides is 3. The molecule has 2 aromatic rings. The number of benzene rings is 1. The minimum absolute atomic E-state index is 0.0275. The maximum atomic E-state index is 14.5.